The van der Waals surface area contributed by atoms with Crippen molar-refractivity contribution in [3.8, 4) is 0 Å². The van der Waals surface area contributed by atoms with Gasteiger partial charge in [-0.2, -0.15) is 0 Å². The van der Waals surface area contributed by atoms with Crippen LogP contribution < -0.4 is 16.4 Å². The monoisotopic (exact) mass is 315 g/mol. The molecule has 9 heteroatoms. The number of halogens is 1. The summed E-state index contributed by atoms with van der Waals surface area (Å²) in [5, 5.41) is 13.8. The predicted molar refractivity (Wildman–Crippen MR) is 75.4 cm³/mol. The van der Waals surface area contributed by atoms with E-state index in [1.807, 2.05) is 0 Å². The van der Waals surface area contributed by atoms with E-state index in [4.69, 9.17) is 27.2 Å². The first kappa shape index (κ1) is 16.7. The summed E-state index contributed by atoms with van der Waals surface area (Å²) in [6, 6.07) is 3.40. The van der Waals surface area contributed by atoms with Crippen LogP contribution in [0, 0.1) is 0 Å². The SMILES string of the molecule is NC(=O)COCCNC(=O)Nc1ccc(C(=O)O)cc1Cl. The van der Waals surface area contributed by atoms with Gasteiger partial charge < -0.3 is 26.2 Å². The smallest absolute Gasteiger partial charge is 0.335 e. The van der Waals surface area contributed by atoms with Gasteiger partial charge in [-0.1, -0.05) is 11.6 Å². The highest BCUT2D eigenvalue weighted by Gasteiger charge is 2.09. The molecule has 1 rings (SSSR count). The van der Waals surface area contributed by atoms with Gasteiger partial charge >= 0.3 is 12.0 Å². The van der Waals surface area contributed by atoms with E-state index in [2.05, 4.69) is 10.6 Å². The molecule has 0 heterocycles. The first-order valence-electron chi connectivity index (χ1n) is 5.84. The Labute approximate surface area is 125 Å². The van der Waals surface area contributed by atoms with Crippen molar-refractivity contribution < 1.29 is 24.2 Å². The Hall–Kier alpha value is -2.32. The van der Waals surface area contributed by atoms with Crippen molar-refractivity contribution in [2.75, 3.05) is 25.1 Å². The van der Waals surface area contributed by atoms with Crippen LogP contribution in [-0.4, -0.2) is 42.8 Å². The van der Waals surface area contributed by atoms with Gasteiger partial charge in [0.2, 0.25) is 5.91 Å². The van der Waals surface area contributed by atoms with E-state index in [-0.39, 0.29) is 36.0 Å². The van der Waals surface area contributed by atoms with Crippen LogP contribution in [0.4, 0.5) is 10.5 Å². The third-order valence-corrected chi connectivity index (χ3v) is 2.55. The number of benzene rings is 1. The van der Waals surface area contributed by atoms with Crippen molar-refractivity contribution in [3.63, 3.8) is 0 Å². The Bertz CT molecular complexity index is 550. The number of carboxylic acid groups (broad SMARTS) is 1. The molecule has 0 atom stereocenters. The minimum Gasteiger partial charge on any atom is -0.478 e. The van der Waals surface area contributed by atoms with Crippen LogP contribution in [0.2, 0.25) is 5.02 Å². The fourth-order valence-electron chi connectivity index (χ4n) is 1.33. The van der Waals surface area contributed by atoms with Crippen LogP contribution in [0.15, 0.2) is 18.2 Å². The number of amides is 3. The number of carbonyl (C=O) groups is 3. The first-order valence-corrected chi connectivity index (χ1v) is 6.21. The maximum absolute atomic E-state index is 11.5. The highest BCUT2D eigenvalue weighted by Crippen LogP contribution is 2.22. The number of ether oxygens (including phenoxy) is 1. The van der Waals surface area contributed by atoms with E-state index in [1.165, 1.54) is 18.2 Å². The molecule has 0 aliphatic carbocycles. The minimum atomic E-state index is -1.11. The maximum Gasteiger partial charge on any atom is 0.335 e. The number of anilines is 1. The molecule has 0 aliphatic rings. The highest BCUT2D eigenvalue weighted by molar-refractivity contribution is 6.34. The number of hydrogen-bond acceptors (Lipinski definition) is 4. The van der Waals surface area contributed by atoms with Crippen molar-refractivity contribution in [2.45, 2.75) is 0 Å². The molecule has 0 bridgehead atoms. The minimum absolute atomic E-state index is 0.0193. The van der Waals surface area contributed by atoms with Gasteiger partial charge in [0.05, 0.1) is 22.9 Å². The number of nitrogens with two attached hydrogens (primary N) is 1. The third kappa shape index (κ3) is 6.11. The summed E-state index contributed by atoms with van der Waals surface area (Å²) >= 11 is 5.85. The summed E-state index contributed by atoms with van der Waals surface area (Å²) in [4.78, 5) is 32.7. The Morgan fingerprint density at radius 2 is 2.05 bits per heavy atom. The summed E-state index contributed by atoms with van der Waals surface area (Å²) in [6.07, 6.45) is 0. The first-order chi connectivity index (χ1) is 9.90. The lowest BCUT2D eigenvalue weighted by molar-refractivity contribution is -0.122. The average Bonchev–Trinajstić information content (AvgIpc) is 2.40. The number of rotatable bonds is 7. The van der Waals surface area contributed by atoms with Crippen molar-refractivity contribution in [1.29, 1.82) is 0 Å². The van der Waals surface area contributed by atoms with E-state index in [1.54, 1.807) is 0 Å². The molecular formula is C12H14ClN3O5. The van der Waals surface area contributed by atoms with Gasteiger partial charge in [0.15, 0.2) is 0 Å². The molecular weight excluding hydrogens is 302 g/mol. The molecule has 0 aromatic heterocycles. The van der Waals surface area contributed by atoms with Gasteiger partial charge in [-0.15, -0.1) is 0 Å². The highest BCUT2D eigenvalue weighted by atomic mass is 35.5. The molecule has 0 saturated carbocycles. The molecule has 5 N–H and O–H groups in total. The number of nitrogens with one attached hydrogen (secondary N) is 2. The molecule has 1 aromatic rings. The van der Waals surface area contributed by atoms with Gasteiger partial charge in [0.25, 0.3) is 0 Å². The number of aromatic carboxylic acids is 1. The molecule has 21 heavy (non-hydrogen) atoms. The molecule has 0 saturated heterocycles. The third-order valence-electron chi connectivity index (χ3n) is 2.24. The van der Waals surface area contributed by atoms with Crippen LogP contribution in [-0.2, 0) is 9.53 Å². The van der Waals surface area contributed by atoms with Crippen LogP contribution in [0.5, 0.6) is 0 Å². The lowest BCUT2D eigenvalue weighted by Crippen LogP contribution is -2.32. The number of carboxylic acids is 1. The predicted octanol–water partition coefficient (Wildman–Crippen LogP) is 0.662. The quantitative estimate of drug-likeness (QED) is 0.549. The van der Waals surface area contributed by atoms with E-state index in [0.29, 0.717) is 0 Å². The van der Waals surface area contributed by atoms with Gasteiger partial charge in [-0.05, 0) is 18.2 Å². The summed E-state index contributed by atoms with van der Waals surface area (Å²) in [5.74, 6) is -1.70. The topological polar surface area (TPSA) is 131 Å². The van der Waals surface area contributed by atoms with Crippen LogP contribution in [0.25, 0.3) is 0 Å². The summed E-state index contributed by atoms with van der Waals surface area (Å²) in [7, 11) is 0. The van der Waals surface area contributed by atoms with Gasteiger partial charge in [-0.25, -0.2) is 9.59 Å². The van der Waals surface area contributed by atoms with Gasteiger partial charge in [0, 0.05) is 6.54 Å². The number of carbonyl (C=O) groups excluding carboxylic acids is 2. The van der Waals surface area contributed by atoms with Crippen molar-refractivity contribution in [1.82, 2.24) is 5.32 Å². The fraction of sp³-hybridized carbons (Fsp3) is 0.250. The van der Waals surface area contributed by atoms with Crippen molar-refractivity contribution >= 4 is 35.2 Å². The molecule has 0 radical (unpaired) electrons. The van der Waals surface area contributed by atoms with Gasteiger partial charge in [0.1, 0.15) is 6.61 Å². The van der Waals surface area contributed by atoms with Crippen LogP contribution in [0.3, 0.4) is 0 Å². The number of hydrogen-bond donors (Lipinski definition) is 4. The molecule has 0 aliphatic heterocycles. The van der Waals surface area contributed by atoms with Crippen molar-refractivity contribution in [3.05, 3.63) is 28.8 Å². The second-order valence-corrected chi connectivity index (χ2v) is 4.31. The molecule has 3 amide bonds. The van der Waals surface area contributed by atoms with Crippen LogP contribution >= 0.6 is 11.6 Å². The molecule has 0 unspecified atom stereocenters. The Kier molecular flexibility index (Phi) is 6.44. The van der Waals surface area contributed by atoms with E-state index >= 15 is 0 Å². The Morgan fingerprint density at radius 3 is 2.62 bits per heavy atom. The van der Waals surface area contributed by atoms with Crippen LogP contribution in [0.1, 0.15) is 10.4 Å². The molecule has 8 nitrogen and oxygen atoms in total. The summed E-state index contributed by atoms with van der Waals surface area (Å²) in [5.41, 5.74) is 5.16. The zero-order chi connectivity index (χ0) is 15.8. The zero-order valence-corrected chi connectivity index (χ0v) is 11.6. The molecule has 0 spiro atoms. The van der Waals surface area contributed by atoms with E-state index in [9.17, 15) is 14.4 Å². The number of primary amides is 1. The fourth-order valence-corrected chi connectivity index (χ4v) is 1.55. The number of urea groups is 1. The Morgan fingerprint density at radius 1 is 1.33 bits per heavy atom. The second-order valence-electron chi connectivity index (χ2n) is 3.90. The zero-order valence-electron chi connectivity index (χ0n) is 10.9. The second kappa shape index (κ2) is 8.08. The summed E-state index contributed by atoms with van der Waals surface area (Å²) in [6.45, 7) is 0.0811. The largest absolute Gasteiger partial charge is 0.478 e. The lowest BCUT2D eigenvalue weighted by atomic mass is 10.2. The van der Waals surface area contributed by atoms with E-state index < -0.39 is 17.9 Å². The molecule has 0 fully saturated rings. The van der Waals surface area contributed by atoms with Crippen molar-refractivity contribution in [2.24, 2.45) is 5.73 Å². The van der Waals surface area contributed by atoms with Gasteiger partial charge in [-0.3, -0.25) is 4.79 Å². The maximum atomic E-state index is 11.5. The Balaban J connectivity index is 2.41. The molecule has 114 valence electrons. The average molecular weight is 316 g/mol. The normalized spacial score (nSPS) is 9.95. The summed E-state index contributed by atoms with van der Waals surface area (Å²) < 4.78 is 4.85. The molecule has 1 aromatic carbocycles. The lowest BCUT2D eigenvalue weighted by Gasteiger charge is -2.09. The van der Waals surface area contributed by atoms with E-state index in [0.717, 1.165) is 0 Å². The standard InChI is InChI=1S/C12H14ClN3O5/c13-8-5-7(11(18)19)1-2-9(8)16-12(20)15-3-4-21-6-10(14)17/h1-2,5H,3-4,6H2,(H2,14,17)(H,18,19)(H2,15,16,20).